The molecule has 0 spiro atoms. The van der Waals surface area contributed by atoms with Crippen molar-refractivity contribution in [2.75, 3.05) is 12.4 Å². The molecule has 1 aromatic carbocycles. The normalized spacial score (nSPS) is 9.79. The lowest BCUT2D eigenvalue weighted by molar-refractivity contribution is 0.415. The van der Waals surface area contributed by atoms with Gasteiger partial charge in [0.1, 0.15) is 5.75 Å². The highest BCUT2D eigenvalue weighted by Crippen LogP contribution is 2.17. The van der Waals surface area contributed by atoms with Gasteiger partial charge in [0.15, 0.2) is 5.82 Å². The van der Waals surface area contributed by atoms with Crippen molar-refractivity contribution < 1.29 is 4.74 Å². The predicted octanol–water partition coefficient (Wildman–Crippen LogP) is 1.56. The molecular formula is C9H10N4O. The van der Waals surface area contributed by atoms with Crippen LogP contribution in [0.2, 0.25) is 0 Å². The van der Waals surface area contributed by atoms with Crippen LogP contribution in [-0.4, -0.2) is 22.5 Å². The summed E-state index contributed by atoms with van der Waals surface area (Å²) in [5.74, 6) is 1.52. The lowest BCUT2D eigenvalue weighted by atomic mass is 10.3. The molecule has 0 amide bonds. The Morgan fingerprint density at radius 2 is 2.07 bits per heavy atom. The van der Waals surface area contributed by atoms with Crippen LogP contribution in [0.15, 0.2) is 30.5 Å². The van der Waals surface area contributed by atoms with E-state index < -0.39 is 0 Å². The van der Waals surface area contributed by atoms with Gasteiger partial charge in [-0.05, 0) is 24.3 Å². The molecule has 1 heterocycles. The first-order valence-electron chi connectivity index (χ1n) is 4.15. The summed E-state index contributed by atoms with van der Waals surface area (Å²) < 4.78 is 5.04. The zero-order chi connectivity index (χ0) is 9.80. The quantitative estimate of drug-likeness (QED) is 0.770. The Balaban J connectivity index is 2.10. The topological polar surface area (TPSA) is 62.8 Å². The lowest BCUT2D eigenvalue weighted by Crippen LogP contribution is -1.90. The highest BCUT2D eigenvalue weighted by molar-refractivity contribution is 5.55. The fraction of sp³-hybridized carbons (Fsp3) is 0.111. The predicted molar refractivity (Wildman–Crippen MR) is 52.7 cm³/mol. The number of ether oxygens (including phenoxy) is 1. The van der Waals surface area contributed by atoms with Crippen LogP contribution in [0.25, 0.3) is 0 Å². The molecule has 0 aliphatic rings. The van der Waals surface area contributed by atoms with Gasteiger partial charge < -0.3 is 10.1 Å². The Bertz CT molecular complexity index is 382. The van der Waals surface area contributed by atoms with E-state index in [0.29, 0.717) is 5.82 Å². The van der Waals surface area contributed by atoms with Gasteiger partial charge in [0.25, 0.3) is 0 Å². The van der Waals surface area contributed by atoms with Gasteiger partial charge in [-0.25, -0.2) is 0 Å². The number of aromatic nitrogens is 3. The third kappa shape index (κ3) is 1.82. The number of nitrogens with zero attached hydrogens (tertiary/aromatic N) is 2. The van der Waals surface area contributed by atoms with Crippen molar-refractivity contribution in [1.29, 1.82) is 0 Å². The van der Waals surface area contributed by atoms with Crippen LogP contribution in [0.4, 0.5) is 11.5 Å². The second-order valence-electron chi connectivity index (χ2n) is 2.71. The Kier molecular flexibility index (Phi) is 2.31. The second kappa shape index (κ2) is 3.78. The number of hydrogen-bond donors (Lipinski definition) is 2. The average Bonchev–Trinajstić information content (AvgIpc) is 2.72. The van der Waals surface area contributed by atoms with E-state index in [1.807, 2.05) is 24.3 Å². The van der Waals surface area contributed by atoms with E-state index >= 15 is 0 Å². The molecule has 0 saturated heterocycles. The Morgan fingerprint density at radius 3 is 2.64 bits per heavy atom. The molecule has 0 unspecified atom stereocenters. The van der Waals surface area contributed by atoms with Crippen molar-refractivity contribution >= 4 is 11.5 Å². The van der Waals surface area contributed by atoms with Gasteiger partial charge in [0.2, 0.25) is 0 Å². The maximum absolute atomic E-state index is 5.04. The van der Waals surface area contributed by atoms with Gasteiger partial charge in [-0.2, -0.15) is 10.3 Å². The number of nitrogens with one attached hydrogen (secondary N) is 2. The molecule has 0 bridgehead atoms. The standard InChI is InChI=1S/C9H10N4O/c1-14-8-4-2-7(3-5-8)11-9-6-10-13-12-9/h2-6H,1H3,(H2,10,11,12,13). The summed E-state index contributed by atoms with van der Waals surface area (Å²) in [5.41, 5.74) is 0.944. The smallest absolute Gasteiger partial charge is 0.172 e. The highest BCUT2D eigenvalue weighted by Gasteiger charge is 1.96. The van der Waals surface area contributed by atoms with Crippen LogP contribution < -0.4 is 10.1 Å². The van der Waals surface area contributed by atoms with E-state index in [0.717, 1.165) is 11.4 Å². The van der Waals surface area contributed by atoms with E-state index in [2.05, 4.69) is 20.7 Å². The van der Waals surface area contributed by atoms with Crippen LogP contribution in [0.5, 0.6) is 5.75 Å². The molecule has 0 aliphatic carbocycles. The van der Waals surface area contributed by atoms with Crippen LogP contribution >= 0.6 is 0 Å². The van der Waals surface area contributed by atoms with Crippen molar-refractivity contribution in [3.63, 3.8) is 0 Å². The summed E-state index contributed by atoms with van der Waals surface area (Å²) in [6.07, 6.45) is 1.62. The van der Waals surface area contributed by atoms with Gasteiger partial charge >= 0.3 is 0 Å². The van der Waals surface area contributed by atoms with E-state index in [1.165, 1.54) is 0 Å². The molecule has 0 fully saturated rings. The number of methoxy groups -OCH3 is 1. The minimum absolute atomic E-state index is 0.690. The first-order valence-corrected chi connectivity index (χ1v) is 4.15. The number of H-pyrrole nitrogens is 1. The maximum Gasteiger partial charge on any atom is 0.172 e. The molecule has 1 aromatic heterocycles. The molecule has 5 heteroatoms. The summed E-state index contributed by atoms with van der Waals surface area (Å²) in [5, 5.41) is 13.2. The Labute approximate surface area is 81.1 Å². The van der Waals surface area contributed by atoms with Crippen molar-refractivity contribution in [3.8, 4) is 5.75 Å². The average molecular weight is 190 g/mol. The van der Waals surface area contributed by atoms with Gasteiger partial charge in [0.05, 0.1) is 13.3 Å². The Hall–Kier alpha value is -2.04. The highest BCUT2D eigenvalue weighted by atomic mass is 16.5. The summed E-state index contributed by atoms with van der Waals surface area (Å²) in [6.45, 7) is 0. The van der Waals surface area contributed by atoms with Crippen molar-refractivity contribution in [3.05, 3.63) is 30.5 Å². The monoisotopic (exact) mass is 190 g/mol. The molecule has 72 valence electrons. The van der Waals surface area contributed by atoms with Gasteiger partial charge in [-0.3, -0.25) is 0 Å². The van der Waals surface area contributed by atoms with E-state index in [-0.39, 0.29) is 0 Å². The number of anilines is 2. The van der Waals surface area contributed by atoms with Gasteiger partial charge in [-0.1, -0.05) is 0 Å². The zero-order valence-corrected chi connectivity index (χ0v) is 7.69. The molecule has 5 nitrogen and oxygen atoms in total. The van der Waals surface area contributed by atoms with Crippen LogP contribution in [0.3, 0.4) is 0 Å². The fourth-order valence-corrected chi connectivity index (χ4v) is 1.08. The summed E-state index contributed by atoms with van der Waals surface area (Å²) in [6, 6.07) is 7.58. The molecular weight excluding hydrogens is 180 g/mol. The molecule has 0 saturated carbocycles. The number of hydrogen-bond acceptors (Lipinski definition) is 4. The van der Waals surface area contributed by atoms with Crippen LogP contribution in [0.1, 0.15) is 0 Å². The van der Waals surface area contributed by atoms with Crippen molar-refractivity contribution in [2.45, 2.75) is 0 Å². The largest absolute Gasteiger partial charge is 0.497 e. The van der Waals surface area contributed by atoms with E-state index in [4.69, 9.17) is 4.74 Å². The molecule has 0 radical (unpaired) electrons. The summed E-state index contributed by atoms with van der Waals surface area (Å²) >= 11 is 0. The van der Waals surface area contributed by atoms with Crippen LogP contribution in [-0.2, 0) is 0 Å². The van der Waals surface area contributed by atoms with Crippen molar-refractivity contribution in [2.24, 2.45) is 0 Å². The fourth-order valence-electron chi connectivity index (χ4n) is 1.08. The number of aromatic amines is 1. The minimum Gasteiger partial charge on any atom is -0.497 e. The van der Waals surface area contributed by atoms with Crippen molar-refractivity contribution in [1.82, 2.24) is 15.4 Å². The molecule has 2 aromatic rings. The molecule has 2 N–H and O–H groups in total. The van der Waals surface area contributed by atoms with Gasteiger partial charge in [-0.15, -0.1) is 5.10 Å². The lowest BCUT2D eigenvalue weighted by Gasteiger charge is -2.03. The third-order valence-electron chi connectivity index (χ3n) is 1.78. The molecule has 14 heavy (non-hydrogen) atoms. The first-order chi connectivity index (χ1) is 6.88. The van der Waals surface area contributed by atoms with Crippen LogP contribution in [0, 0.1) is 0 Å². The Morgan fingerprint density at radius 1 is 1.29 bits per heavy atom. The summed E-state index contributed by atoms with van der Waals surface area (Å²) in [7, 11) is 1.64. The summed E-state index contributed by atoms with van der Waals surface area (Å²) in [4.78, 5) is 0. The number of benzene rings is 1. The second-order valence-corrected chi connectivity index (χ2v) is 2.71. The first kappa shape index (κ1) is 8.55. The molecule has 2 rings (SSSR count). The van der Waals surface area contributed by atoms with E-state index in [9.17, 15) is 0 Å². The number of rotatable bonds is 3. The minimum atomic E-state index is 0.690. The third-order valence-corrected chi connectivity index (χ3v) is 1.78. The van der Waals surface area contributed by atoms with E-state index in [1.54, 1.807) is 13.3 Å². The molecule has 0 atom stereocenters. The SMILES string of the molecule is COc1ccc(Nc2cn[nH]n2)cc1. The molecule has 0 aliphatic heterocycles. The maximum atomic E-state index is 5.04. The van der Waals surface area contributed by atoms with Gasteiger partial charge in [0, 0.05) is 5.69 Å². The zero-order valence-electron chi connectivity index (χ0n) is 7.69.